The molecule has 0 aromatic rings. The minimum absolute atomic E-state index is 0. The van der Waals surface area contributed by atoms with Crippen LogP contribution in [-0.2, 0) is 14.3 Å². The molecule has 0 radical (unpaired) electrons. The predicted molar refractivity (Wildman–Crippen MR) is 89.4 cm³/mol. The van der Waals surface area contributed by atoms with Gasteiger partial charge in [0, 0.05) is 38.1 Å². The fraction of sp³-hybridized carbons (Fsp3) is 0.938. The van der Waals surface area contributed by atoms with E-state index >= 15 is 0 Å². The van der Waals surface area contributed by atoms with Crippen LogP contribution in [0.25, 0.3) is 0 Å². The summed E-state index contributed by atoms with van der Waals surface area (Å²) in [7, 11) is 0. The number of morpholine rings is 1. The molecule has 5 nitrogen and oxygen atoms in total. The Kier molecular flexibility index (Phi) is 8.11. The number of rotatable bonds is 4. The van der Waals surface area contributed by atoms with Crippen molar-refractivity contribution < 1.29 is 14.3 Å². The summed E-state index contributed by atoms with van der Waals surface area (Å²) < 4.78 is 11.3. The van der Waals surface area contributed by atoms with Gasteiger partial charge in [-0.25, -0.2) is 0 Å². The molecule has 2 fully saturated rings. The normalized spacial score (nSPS) is 29.5. The topological polar surface area (TPSA) is 59.6 Å². The standard InChI is InChI=1S/C16H30N2O3.ClH/c1-16(2,3)15-12(5-4-7-21-15)10-18-14(19)9-13-11-20-8-6-17-13;/h12-13,15,17H,4-11H2,1-3H3,(H,18,19);1H. The van der Waals surface area contributed by atoms with E-state index in [0.29, 0.717) is 25.5 Å². The maximum Gasteiger partial charge on any atom is 0.221 e. The van der Waals surface area contributed by atoms with Crippen LogP contribution in [0.5, 0.6) is 0 Å². The summed E-state index contributed by atoms with van der Waals surface area (Å²) in [6.07, 6.45) is 2.94. The maximum atomic E-state index is 12.1. The zero-order valence-corrected chi connectivity index (χ0v) is 14.8. The van der Waals surface area contributed by atoms with Gasteiger partial charge in [-0.2, -0.15) is 0 Å². The lowest BCUT2D eigenvalue weighted by atomic mass is 9.78. The molecule has 3 atom stereocenters. The molecular weight excluding hydrogens is 304 g/mol. The SMILES string of the molecule is CC(C)(C)C1OCCCC1CNC(=O)CC1COCCN1.Cl. The third kappa shape index (κ3) is 6.03. The van der Waals surface area contributed by atoms with Gasteiger partial charge in [-0.15, -0.1) is 12.4 Å². The van der Waals surface area contributed by atoms with E-state index in [-0.39, 0.29) is 35.9 Å². The molecule has 2 N–H and O–H groups in total. The van der Waals surface area contributed by atoms with Crippen molar-refractivity contribution in [3.8, 4) is 0 Å². The largest absolute Gasteiger partial charge is 0.378 e. The van der Waals surface area contributed by atoms with Crippen LogP contribution in [0.15, 0.2) is 0 Å². The number of ether oxygens (including phenoxy) is 2. The molecule has 1 amide bonds. The lowest BCUT2D eigenvalue weighted by Crippen LogP contribution is -2.47. The summed E-state index contributed by atoms with van der Waals surface area (Å²) in [5.74, 6) is 0.523. The fourth-order valence-corrected chi connectivity index (χ4v) is 3.30. The minimum atomic E-state index is 0. The Morgan fingerprint density at radius 3 is 2.73 bits per heavy atom. The second-order valence-electron chi connectivity index (χ2n) is 7.29. The van der Waals surface area contributed by atoms with Gasteiger partial charge in [-0.05, 0) is 18.3 Å². The highest BCUT2D eigenvalue weighted by molar-refractivity contribution is 5.85. The van der Waals surface area contributed by atoms with Crippen molar-refractivity contribution in [1.29, 1.82) is 0 Å². The molecule has 0 aromatic heterocycles. The molecule has 6 heteroatoms. The molecule has 3 unspecified atom stereocenters. The minimum Gasteiger partial charge on any atom is -0.378 e. The van der Waals surface area contributed by atoms with Gasteiger partial charge in [0.05, 0.1) is 19.3 Å². The van der Waals surface area contributed by atoms with Crippen LogP contribution >= 0.6 is 12.4 Å². The van der Waals surface area contributed by atoms with Crippen LogP contribution in [-0.4, -0.2) is 51.0 Å². The summed E-state index contributed by atoms with van der Waals surface area (Å²) in [5, 5.41) is 6.40. The number of carbonyl (C=O) groups is 1. The molecule has 130 valence electrons. The highest BCUT2D eigenvalue weighted by atomic mass is 35.5. The fourth-order valence-electron chi connectivity index (χ4n) is 3.30. The Bertz CT molecular complexity index is 341. The monoisotopic (exact) mass is 334 g/mol. The van der Waals surface area contributed by atoms with Gasteiger partial charge in [-0.3, -0.25) is 4.79 Å². The van der Waals surface area contributed by atoms with Crippen LogP contribution in [0.3, 0.4) is 0 Å². The first kappa shape index (κ1) is 19.7. The van der Waals surface area contributed by atoms with Crippen molar-refractivity contribution in [2.45, 2.75) is 52.2 Å². The maximum absolute atomic E-state index is 12.1. The first-order valence-corrected chi connectivity index (χ1v) is 8.16. The van der Waals surface area contributed by atoms with E-state index in [0.717, 1.165) is 32.6 Å². The van der Waals surface area contributed by atoms with E-state index in [1.165, 1.54) is 0 Å². The molecule has 0 aromatic carbocycles. The Hall–Kier alpha value is -0.360. The zero-order chi connectivity index (χ0) is 15.3. The first-order chi connectivity index (χ1) is 9.97. The second kappa shape index (κ2) is 9.06. The Morgan fingerprint density at radius 2 is 2.09 bits per heavy atom. The van der Waals surface area contributed by atoms with Crippen LogP contribution < -0.4 is 10.6 Å². The molecule has 0 aliphatic carbocycles. The first-order valence-electron chi connectivity index (χ1n) is 8.16. The van der Waals surface area contributed by atoms with Crippen molar-refractivity contribution in [2.24, 2.45) is 11.3 Å². The summed E-state index contributed by atoms with van der Waals surface area (Å²) in [6, 6.07) is 0.153. The molecular formula is C16H31ClN2O3. The van der Waals surface area contributed by atoms with Crippen molar-refractivity contribution in [2.75, 3.05) is 32.9 Å². The summed E-state index contributed by atoms with van der Waals surface area (Å²) in [4.78, 5) is 12.1. The second-order valence-corrected chi connectivity index (χ2v) is 7.29. The van der Waals surface area contributed by atoms with Crippen molar-refractivity contribution in [3.05, 3.63) is 0 Å². The van der Waals surface area contributed by atoms with Crippen molar-refractivity contribution in [3.63, 3.8) is 0 Å². The predicted octanol–water partition coefficient (Wildman–Crippen LogP) is 1.74. The molecule has 0 saturated carbocycles. The van der Waals surface area contributed by atoms with Gasteiger partial charge in [0.1, 0.15) is 0 Å². The smallest absolute Gasteiger partial charge is 0.221 e. The molecule has 0 bridgehead atoms. The summed E-state index contributed by atoms with van der Waals surface area (Å²) >= 11 is 0. The van der Waals surface area contributed by atoms with E-state index in [9.17, 15) is 4.79 Å². The molecule has 2 saturated heterocycles. The number of amides is 1. The van der Waals surface area contributed by atoms with Crippen molar-refractivity contribution >= 4 is 18.3 Å². The van der Waals surface area contributed by atoms with Crippen LogP contribution in [0.4, 0.5) is 0 Å². The lowest BCUT2D eigenvalue weighted by Gasteiger charge is -2.40. The molecule has 22 heavy (non-hydrogen) atoms. The van der Waals surface area contributed by atoms with E-state index in [4.69, 9.17) is 9.47 Å². The summed E-state index contributed by atoms with van der Waals surface area (Å²) in [5.41, 5.74) is 0.120. The quantitative estimate of drug-likeness (QED) is 0.822. The van der Waals surface area contributed by atoms with Gasteiger partial charge in [0.15, 0.2) is 0 Å². The van der Waals surface area contributed by atoms with Crippen LogP contribution in [0, 0.1) is 11.3 Å². The van der Waals surface area contributed by atoms with E-state index < -0.39 is 0 Å². The molecule has 0 spiro atoms. The third-order valence-corrected chi connectivity index (χ3v) is 4.29. The van der Waals surface area contributed by atoms with Crippen molar-refractivity contribution in [1.82, 2.24) is 10.6 Å². The Labute approximate surface area is 140 Å². The van der Waals surface area contributed by atoms with Gasteiger partial charge in [0.25, 0.3) is 0 Å². The van der Waals surface area contributed by atoms with Crippen LogP contribution in [0.2, 0.25) is 0 Å². The highest BCUT2D eigenvalue weighted by Gasteiger charge is 2.35. The third-order valence-electron chi connectivity index (χ3n) is 4.29. The number of carbonyl (C=O) groups excluding carboxylic acids is 1. The Morgan fingerprint density at radius 1 is 1.32 bits per heavy atom. The lowest BCUT2D eigenvalue weighted by molar-refractivity contribution is -0.124. The summed E-state index contributed by atoms with van der Waals surface area (Å²) in [6.45, 7) is 10.4. The van der Waals surface area contributed by atoms with E-state index in [2.05, 4.69) is 31.4 Å². The molecule has 2 aliphatic rings. The zero-order valence-electron chi connectivity index (χ0n) is 14.0. The number of hydrogen-bond donors (Lipinski definition) is 2. The van der Waals surface area contributed by atoms with Gasteiger partial charge in [0.2, 0.25) is 5.91 Å². The van der Waals surface area contributed by atoms with E-state index in [1.54, 1.807) is 0 Å². The van der Waals surface area contributed by atoms with Gasteiger partial charge < -0.3 is 20.1 Å². The van der Waals surface area contributed by atoms with Gasteiger partial charge >= 0.3 is 0 Å². The number of halogens is 1. The van der Waals surface area contributed by atoms with Gasteiger partial charge in [-0.1, -0.05) is 20.8 Å². The molecule has 2 heterocycles. The van der Waals surface area contributed by atoms with E-state index in [1.807, 2.05) is 0 Å². The number of hydrogen-bond acceptors (Lipinski definition) is 4. The average Bonchev–Trinajstić information content (AvgIpc) is 2.45. The van der Waals surface area contributed by atoms with Crippen LogP contribution in [0.1, 0.15) is 40.0 Å². The molecule has 2 aliphatic heterocycles. The molecule has 2 rings (SSSR count). The number of nitrogens with one attached hydrogen (secondary N) is 2. The Balaban J connectivity index is 0.00000242. The highest BCUT2D eigenvalue weighted by Crippen LogP contribution is 2.33. The average molecular weight is 335 g/mol.